The van der Waals surface area contributed by atoms with E-state index in [-0.39, 0.29) is 0 Å². The summed E-state index contributed by atoms with van der Waals surface area (Å²) >= 11 is 0. The van der Waals surface area contributed by atoms with Crippen LogP contribution in [0.2, 0.25) is 0 Å². The molecule has 4 aromatic carbocycles. The number of hydrogen-bond acceptors (Lipinski definition) is 0. The molecule has 0 aliphatic heterocycles. The van der Waals surface area contributed by atoms with Crippen LogP contribution in [0.5, 0.6) is 0 Å². The standard InChI is InChI=1S/C26H16F4/c27-21-11-7-17(8-12-21)25(18-9-13-22(28)14-10-18)26(19-3-1-5-23(29)15-19)20-4-2-6-24(30)16-20/h1-16H. The number of benzene rings is 4. The van der Waals surface area contributed by atoms with E-state index in [1.807, 2.05) is 0 Å². The van der Waals surface area contributed by atoms with Crippen molar-refractivity contribution in [2.24, 2.45) is 0 Å². The van der Waals surface area contributed by atoms with Gasteiger partial charge in [0.2, 0.25) is 0 Å². The Bertz CT molecular complexity index is 1110. The molecule has 0 bridgehead atoms. The summed E-state index contributed by atoms with van der Waals surface area (Å²) in [5.41, 5.74) is 3.45. The average molecular weight is 404 g/mol. The Labute approximate surface area is 171 Å². The smallest absolute Gasteiger partial charge is 0.123 e. The van der Waals surface area contributed by atoms with Gasteiger partial charge >= 0.3 is 0 Å². The molecule has 0 aliphatic carbocycles. The third kappa shape index (κ3) is 4.18. The Morgan fingerprint density at radius 2 is 0.733 bits per heavy atom. The van der Waals surface area contributed by atoms with E-state index >= 15 is 0 Å². The normalized spacial score (nSPS) is 10.7. The van der Waals surface area contributed by atoms with E-state index in [9.17, 15) is 17.6 Å². The molecule has 0 fully saturated rings. The highest BCUT2D eigenvalue weighted by Gasteiger charge is 2.17. The molecule has 4 aromatic rings. The fourth-order valence-electron chi connectivity index (χ4n) is 3.43. The molecule has 0 saturated heterocycles. The second-order valence-corrected chi connectivity index (χ2v) is 6.78. The maximum absolute atomic E-state index is 14.1. The lowest BCUT2D eigenvalue weighted by atomic mass is 9.85. The van der Waals surface area contributed by atoms with Crippen LogP contribution in [-0.2, 0) is 0 Å². The zero-order chi connectivity index (χ0) is 21.1. The first kappa shape index (κ1) is 19.6. The van der Waals surface area contributed by atoms with Crippen LogP contribution in [0.3, 0.4) is 0 Å². The molecule has 0 radical (unpaired) electrons. The Morgan fingerprint density at radius 3 is 1.10 bits per heavy atom. The summed E-state index contributed by atoms with van der Waals surface area (Å²) in [6, 6.07) is 23.5. The fourth-order valence-corrected chi connectivity index (χ4v) is 3.43. The highest BCUT2D eigenvalue weighted by molar-refractivity contribution is 6.04. The van der Waals surface area contributed by atoms with E-state index < -0.39 is 23.3 Å². The summed E-state index contributed by atoms with van der Waals surface area (Å²) in [6.07, 6.45) is 0. The van der Waals surface area contributed by atoms with Gasteiger partial charge in [0.1, 0.15) is 23.3 Å². The number of rotatable bonds is 4. The van der Waals surface area contributed by atoms with E-state index in [1.54, 1.807) is 48.5 Å². The van der Waals surface area contributed by atoms with Crippen molar-refractivity contribution >= 4 is 11.1 Å². The third-order valence-corrected chi connectivity index (χ3v) is 4.74. The van der Waals surface area contributed by atoms with Crippen LogP contribution in [-0.4, -0.2) is 0 Å². The van der Waals surface area contributed by atoms with Gasteiger partial charge in [0.05, 0.1) is 0 Å². The minimum absolute atomic E-state index is 0.407. The fraction of sp³-hybridized carbons (Fsp3) is 0. The van der Waals surface area contributed by atoms with Crippen molar-refractivity contribution in [1.82, 2.24) is 0 Å². The van der Waals surface area contributed by atoms with E-state index in [0.29, 0.717) is 33.4 Å². The Hall–Kier alpha value is -3.66. The lowest BCUT2D eigenvalue weighted by molar-refractivity contribution is 0.626. The molecule has 4 rings (SSSR count). The third-order valence-electron chi connectivity index (χ3n) is 4.74. The van der Waals surface area contributed by atoms with E-state index in [0.717, 1.165) is 0 Å². The van der Waals surface area contributed by atoms with E-state index in [4.69, 9.17) is 0 Å². The molecule has 0 N–H and O–H groups in total. The molecule has 0 saturated carbocycles. The molecule has 0 spiro atoms. The first-order valence-electron chi connectivity index (χ1n) is 9.29. The monoisotopic (exact) mass is 404 g/mol. The first-order chi connectivity index (χ1) is 14.5. The summed E-state index contributed by atoms with van der Waals surface area (Å²) in [5.74, 6) is -1.71. The lowest BCUT2D eigenvalue weighted by Gasteiger charge is -2.18. The summed E-state index contributed by atoms with van der Waals surface area (Å²) in [6.45, 7) is 0. The van der Waals surface area contributed by atoms with Crippen LogP contribution < -0.4 is 0 Å². The van der Waals surface area contributed by atoms with Gasteiger partial charge in [-0.15, -0.1) is 0 Å². The van der Waals surface area contributed by atoms with E-state index in [2.05, 4.69) is 0 Å². The van der Waals surface area contributed by atoms with Gasteiger partial charge in [0, 0.05) is 0 Å². The summed E-state index contributed by atoms with van der Waals surface area (Å²) < 4.78 is 55.4. The quantitative estimate of drug-likeness (QED) is 0.248. The van der Waals surface area contributed by atoms with Crippen LogP contribution in [0.1, 0.15) is 22.3 Å². The zero-order valence-corrected chi connectivity index (χ0v) is 15.7. The van der Waals surface area contributed by atoms with Crippen molar-refractivity contribution in [3.63, 3.8) is 0 Å². The molecule has 4 heteroatoms. The molecule has 0 unspecified atom stereocenters. The minimum Gasteiger partial charge on any atom is -0.207 e. The predicted octanol–water partition coefficient (Wildman–Crippen LogP) is 7.25. The largest absolute Gasteiger partial charge is 0.207 e. The molecule has 0 amide bonds. The van der Waals surface area contributed by atoms with Gasteiger partial charge in [0.25, 0.3) is 0 Å². The van der Waals surface area contributed by atoms with Crippen LogP contribution >= 0.6 is 0 Å². The van der Waals surface area contributed by atoms with Gasteiger partial charge < -0.3 is 0 Å². The molecular formula is C26H16F4. The molecule has 0 nitrogen and oxygen atoms in total. The molecule has 0 atom stereocenters. The zero-order valence-electron chi connectivity index (χ0n) is 15.7. The summed E-state index contributed by atoms with van der Waals surface area (Å²) in [5, 5.41) is 0. The maximum atomic E-state index is 14.1. The molecule has 148 valence electrons. The predicted molar refractivity (Wildman–Crippen MR) is 111 cm³/mol. The van der Waals surface area contributed by atoms with Gasteiger partial charge in [-0.3, -0.25) is 0 Å². The lowest BCUT2D eigenvalue weighted by Crippen LogP contribution is -1.99. The highest BCUT2D eigenvalue weighted by atomic mass is 19.1. The van der Waals surface area contributed by atoms with Crippen molar-refractivity contribution in [2.75, 3.05) is 0 Å². The molecule has 0 heterocycles. The summed E-state index contributed by atoms with van der Waals surface area (Å²) in [7, 11) is 0. The van der Waals surface area contributed by atoms with Gasteiger partial charge in [-0.05, 0) is 81.9 Å². The number of hydrogen-bond donors (Lipinski definition) is 0. The molecule has 0 aromatic heterocycles. The average Bonchev–Trinajstić information content (AvgIpc) is 2.73. The van der Waals surface area contributed by atoms with Crippen LogP contribution in [0, 0.1) is 23.3 Å². The van der Waals surface area contributed by atoms with Gasteiger partial charge in [0.15, 0.2) is 0 Å². The Balaban J connectivity index is 2.11. The Kier molecular flexibility index (Phi) is 5.48. The maximum Gasteiger partial charge on any atom is 0.123 e. The van der Waals surface area contributed by atoms with Crippen LogP contribution in [0.15, 0.2) is 97.1 Å². The number of halogens is 4. The summed E-state index contributed by atoms with van der Waals surface area (Å²) in [4.78, 5) is 0. The van der Waals surface area contributed by atoms with Gasteiger partial charge in [-0.2, -0.15) is 0 Å². The second kappa shape index (κ2) is 8.37. The van der Waals surface area contributed by atoms with Crippen LogP contribution in [0.4, 0.5) is 17.6 Å². The second-order valence-electron chi connectivity index (χ2n) is 6.78. The topological polar surface area (TPSA) is 0 Å². The minimum atomic E-state index is -0.445. The van der Waals surface area contributed by atoms with Crippen molar-refractivity contribution in [1.29, 1.82) is 0 Å². The van der Waals surface area contributed by atoms with Crippen LogP contribution in [0.25, 0.3) is 11.1 Å². The highest BCUT2D eigenvalue weighted by Crippen LogP contribution is 2.37. The van der Waals surface area contributed by atoms with Gasteiger partial charge in [-0.25, -0.2) is 17.6 Å². The van der Waals surface area contributed by atoms with Crippen molar-refractivity contribution in [2.45, 2.75) is 0 Å². The first-order valence-corrected chi connectivity index (χ1v) is 9.29. The molecule has 0 aliphatic rings. The molecular weight excluding hydrogens is 388 g/mol. The van der Waals surface area contributed by atoms with Crippen molar-refractivity contribution in [3.05, 3.63) is 143 Å². The molecule has 30 heavy (non-hydrogen) atoms. The van der Waals surface area contributed by atoms with Gasteiger partial charge in [-0.1, -0.05) is 48.5 Å². The van der Waals surface area contributed by atoms with Crippen molar-refractivity contribution in [3.8, 4) is 0 Å². The Morgan fingerprint density at radius 1 is 0.367 bits per heavy atom. The van der Waals surface area contributed by atoms with Crippen molar-refractivity contribution < 1.29 is 17.6 Å². The SMILES string of the molecule is Fc1ccc(C(=C(c2cccc(F)c2)c2cccc(F)c2)c2ccc(F)cc2)cc1. The van der Waals surface area contributed by atoms with E-state index in [1.165, 1.54) is 48.5 Å².